The maximum Gasteiger partial charge on any atom is 0.231 e. The van der Waals surface area contributed by atoms with Crippen molar-refractivity contribution in [2.24, 2.45) is 0 Å². The van der Waals surface area contributed by atoms with Gasteiger partial charge in [-0.25, -0.2) is 0 Å². The number of aromatic nitrogens is 3. The zero-order valence-electron chi connectivity index (χ0n) is 12.8. The van der Waals surface area contributed by atoms with Crippen LogP contribution >= 0.6 is 11.8 Å². The van der Waals surface area contributed by atoms with Gasteiger partial charge in [-0.3, -0.25) is 0 Å². The van der Waals surface area contributed by atoms with Gasteiger partial charge >= 0.3 is 0 Å². The average molecular weight is 299 g/mol. The highest BCUT2D eigenvalue weighted by Crippen LogP contribution is 2.20. The molecule has 1 rings (SSSR count). The van der Waals surface area contributed by atoms with E-state index in [4.69, 9.17) is 5.11 Å². The highest BCUT2D eigenvalue weighted by atomic mass is 32.2. The minimum atomic E-state index is 0.123. The minimum Gasteiger partial charge on any atom is -0.396 e. The minimum absolute atomic E-state index is 0.123. The summed E-state index contributed by atoms with van der Waals surface area (Å²) in [5, 5.41) is 9.63. The molecular weight excluding hydrogens is 274 g/mol. The van der Waals surface area contributed by atoms with Gasteiger partial charge in [0.25, 0.3) is 0 Å². The Morgan fingerprint density at radius 1 is 0.850 bits per heavy atom. The average Bonchev–Trinajstić information content (AvgIpc) is 2.47. The molecule has 20 heavy (non-hydrogen) atoms. The third-order valence-electron chi connectivity index (χ3n) is 3.01. The molecule has 114 valence electrons. The van der Waals surface area contributed by atoms with Gasteiger partial charge in [-0.1, -0.05) is 11.8 Å². The molecule has 0 spiro atoms. The van der Waals surface area contributed by atoms with E-state index in [1.807, 2.05) is 0 Å². The summed E-state index contributed by atoms with van der Waals surface area (Å²) in [6.07, 6.45) is 0. The summed E-state index contributed by atoms with van der Waals surface area (Å²) in [5.74, 6) is 2.03. The molecule has 0 saturated heterocycles. The SMILES string of the molecule is CCN(CC)c1nc(SCCO)nc(N(CC)CC)n1. The van der Waals surface area contributed by atoms with Crippen LogP contribution in [0.1, 0.15) is 27.7 Å². The van der Waals surface area contributed by atoms with Crippen molar-refractivity contribution in [1.29, 1.82) is 0 Å². The number of anilines is 2. The Morgan fingerprint density at radius 2 is 1.30 bits per heavy atom. The van der Waals surface area contributed by atoms with Gasteiger partial charge in [0, 0.05) is 31.9 Å². The highest BCUT2D eigenvalue weighted by molar-refractivity contribution is 7.99. The molecule has 1 N–H and O–H groups in total. The Kier molecular flexibility index (Phi) is 7.61. The molecule has 0 bridgehead atoms. The molecule has 0 aliphatic heterocycles. The van der Waals surface area contributed by atoms with E-state index < -0.39 is 0 Å². The molecule has 6 nitrogen and oxygen atoms in total. The Balaban J connectivity index is 3.12. The smallest absolute Gasteiger partial charge is 0.231 e. The lowest BCUT2D eigenvalue weighted by atomic mass is 10.5. The topological polar surface area (TPSA) is 65.4 Å². The van der Waals surface area contributed by atoms with Crippen molar-refractivity contribution in [3.63, 3.8) is 0 Å². The predicted molar refractivity (Wildman–Crippen MR) is 84.8 cm³/mol. The number of hydrogen-bond acceptors (Lipinski definition) is 7. The van der Waals surface area contributed by atoms with Crippen LogP contribution < -0.4 is 9.80 Å². The normalized spacial score (nSPS) is 10.7. The van der Waals surface area contributed by atoms with Crippen LogP contribution in [-0.4, -0.2) is 58.6 Å². The second-order valence-corrected chi connectivity index (χ2v) is 5.20. The Labute approximate surface area is 125 Å². The summed E-state index contributed by atoms with van der Waals surface area (Å²) in [4.78, 5) is 17.8. The summed E-state index contributed by atoms with van der Waals surface area (Å²) < 4.78 is 0. The van der Waals surface area contributed by atoms with Crippen LogP contribution in [0.2, 0.25) is 0 Å². The molecule has 0 radical (unpaired) electrons. The van der Waals surface area contributed by atoms with Crippen LogP contribution in [0.3, 0.4) is 0 Å². The Bertz CT molecular complexity index is 366. The second-order valence-electron chi connectivity index (χ2n) is 4.13. The van der Waals surface area contributed by atoms with E-state index in [0.29, 0.717) is 22.8 Å². The van der Waals surface area contributed by atoms with E-state index >= 15 is 0 Å². The van der Waals surface area contributed by atoms with Gasteiger partial charge in [0.1, 0.15) is 0 Å². The zero-order chi connectivity index (χ0) is 15.0. The third kappa shape index (κ3) is 4.49. The number of nitrogens with zero attached hydrogens (tertiary/aromatic N) is 5. The van der Waals surface area contributed by atoms with Gasteiger partial charge < -0.3 is 14.9 Å². The van der Waals surface area contributed by atoms with E-state index in [1.54, 1.807) is 0 Å². The summed E-state index contributed by atoms with van der Waals surface area (Å²) in [7, 11) is 0. The van der Waals surface area contributed by atoms with Crippen LogP contribution in [0.4, 0.5) is 11.9 Å². The standard InChI is InChI=1S/C13H25N5OS/c1-5-17(6-2)11-14-12(18(7-3)8-4)16-13(15-11)20-10-9-19/h19H,5-10H2,1-4H3. The lowest BCUT2D eigenvalue weighted by Gasteiger charge is -2.23. The molecule has 1 aromatic heterocycles. The van der Waals surface area contributed by atoms with Crippen molar-refractivity contribution in [2.75, 3.05) is 48.3 Å². The summed E-state index contributed by atoms with van der Waals surface area (Å²) in [6.45, 7) is 11.9. The quantitative estimate of drug-likeness (QED) is 0.695. The molecule has 0 saturated carbocycles. The first-order valence-electron chi connectivity index (χ1n) is 7.19. The van der Waals surface area contributed by atoms with Crippen molar-refractivity contribution in [1.82, 2.24) is 15.0 Å². The lowest BCUT2D eigenvalue weighted by molar-refractivity contribution is 0.322. The first-order valence-corrected chi connectivity index (χ1v) is 8.18. The van der Waals surface area contributed by atoms with E-state index in [-0.39, 0.29) is 6.61 Å². The van der Waals surface area contributed by atoms with Gasteiger partial charge in [0.15, 0.2) is 5.16 Å². The van der Waals surface area contributed by atoms with E-state index in [1.165, 1.54) is 11.8 Å². The second kappa shape index (κ2) is 8.97. The predicted octanol–water partition coefficient (Wildman–Crippen LogP) is 1.65. The van der Waals surface area contributed by atoms with Gasteiger partial charge in [0.05, 0.1) is 6.61 Å². The molecule has 1 heterocycles. The van der Waals surface area contributed by atoms with E-state index in [2.05, 4.69) is 52.4 Å². The van der Waals surface area contributed by atoms with E-state index in [0.717, 1.165) is 26.2 Å². The van der Waals surface area contributed by atoms with Gasteiger partial charge in [-0.05, 0) is 27.7 Å². The van der Waals surface area contributed by atoms with Gasteiger partial charge in [0.2, 0.25) is 11.9 Å². The molecule has 0 aromatic carbocycles. The maximum absolute atomic E-state index is 8.96. The summed E-state index contributed by atoms with van der Waals surface area (Å²) in [6, 6.07) is 0. The highest BCUT2D eigenvalue weighted by Gasteiger charge is 2.14. The molecule has 1 aromatic rings. The fraction of sp³-hybridized carbons (Fsp3) is 0.769. The Morgan fingerprint density at radius 3 is 1.65 bits per heavy atom. The first kappa shape index (κ1) is 17.0. The van der Waals surface area contributed by atoms with Crippen LogP contribution in [0, 0.1) is 0 Å². The third-order valence-corrected chi connectivity index (χ3v) is 3.83. The molecule has 0 amide bonds. The van der Waals surface area contributed by atoms with Gasteiger partial charge in [-0.15, -0.1) is 0 Å². The maximum atomic E-state index is 8.96. The largest absolute Gasteiger partial charge is 0.396 e. The van der Waals surface area contributed by atoms with Crippen molar-refractivity contribution < 1.29 is 5.11 Å². The lowest BCUT2D eigenvalue weighted by Crippen LogP contribution is -2.28. The van der Waals surface area contributed by atoms with Crippen LogP contribution in [-0.2, 0) is 0 Å². The molecule has 0 aliphatic carbocycles. The molecule has 0 fully saturated rings. The van der Waals surface area contributed by atoms with E-state index in [9.17, 15) is 0 Å². The number of rotatable bonds is 9. The number of thioether (sulfide) groups is 1. The molecule has 0 atom stereocenters. The first-order chi connectivity index (χ1) is 9.69. The zero-order valence-corrected chi connectivity index (χ0v) is 13.7. The molecule has 0 aliphatic rings. The van der Waals surface area contributed by atoms with Crippen LogP contribution in [0.5, 0.6) is 0 Å². The Hall–Kier alpha value is -1.08. The summed E-state index contributed by atoms with van der Waals surface area (Å²) >= 11 is 1.46. The van der Waals surface area contributed by atoms with Crippen molar-refractivity contribution in [3.05, 3.63) is 0 Å². The molecule has 0 unspecified atom stereocenters. The fourth-order valence-electron chi connectivity index (χ4n) is 1.83. The van der Waals surface area contributed by atoms with Crippen molar-refractivity contribution >= 4 is 23.7 Å². The van der Waals surface area contributed by atoms with Crippen LogP contribution in [0.25, 0.3) is 0 Å². The molecule has 7 heteroatoms. The number of hydrogen-bond donors (Lipinski definition) is 1. The van der Waals surface area contributed by atoms with Crippen molar-refractivity contribution in [2.45, 2.75) is 32.9 Å². The molecular formula is C13H25N5OS. The monoisotopic (exact) mass is 299 g/mol. The number of aliphatic hydroxyl groups excluding tert-OH is 1. The van der Waals surface area contributed by atoms with Crippen molar-refractivity contribution in [3.8, 4) is 0 Å². The van der Waals surface area contributed by atoms with Gasteiger partial charge in [-0.2, -0.15) is 15.0 Å². The summed E-state index contributed by atoms with van der Waals surface area (Å²) in [5.41, 5.74) is 0. The fourth-order valence-corrected chi connectivity index (χ4v) is 2.40. The number of aliphatic hydroxyl groups is 1. The van der Waals surface area contributed by atoms with Crippen LogP contribution in [0.15, 0.2) is 5.16 Å².